The molecule has 0 spiro atoms. The van der Waals surface area contributed by atoms with Crippen LogP contribution in [0.1, 0.15) is 44.7 Å². The van der Waals surface area contributed by atoms with Crippen LogP contribution in [0.2, 0.25) is 0 Å². The zero-order valence-corrected chi connectivity index (χ0v) is 22.5. The van der Waals surface area contributed by atoms with Crippen molar-refractivity contribution in [3.63, 3.8) is 0 Å². The molecule has 3 atom stereocenters. The Labute approximate surface area is 229 Å². The molecule has 3 aromatic rings. The van der Waals surface area contributed by atoms with Crippen LogP contribution in [-0.2, 0) is 14.4 Å². The summed E-state index contributed by atoms with van der Waals surface area (Å²) in [4.78, 5) is 35.0. The van der Waals surface area contributed by atoms with Gasteiger partial charge in [0.25, 0.3) is 5.91 Å². The van der Waals surface area contributed by atoms with Gasteiger partial charge in [0, 0.05) is 0 Å². The van der Waals surface area contributed by atoms with E-state index >= 15 is 0 Å². The Morgan fingerprint density at radius 1 is 0.795 bits per heavy atom. The lowest BCUT2D eigenvalue weighted by Gasteiger charge is -2.29. The first kappa shape index (κ1) is 26.6. The number of carbonyl (C=O) groups is 2. The van der Waals surface area contributed by atoms with Crippen LogP contribution in [0, 0.1) is 5.92 Å². The van der Waals surface area contributed by atoms with E-state index in [1.54, 1.807) is 36.4 Å². The summed E-state index contributed by atoms with van der Waals surface area (Å²) in [6, 6.07) is 21.6. The van der Waals surface area contributed by atoms with Crippen molar-refractivity contribution in [3.8, 4) is 17.2 Å². The Morgan fingerprint density at radius 3 is 2.26 bits per heavy atom. The van der Waals surface area contributed by atoms with Gasteiger partial charge in [-0.2, -0.15) is 0 Å². The Hall–Kier alpha value is -4.04. The van der Waals surface area contributed by atoms with Gasteiger partial charge in [-0.1, -0.05) is 44.5 Å². The van der Waals surface area contributed by atoms with Gasteiger partial charge in [0.05, 0.1) is 37.7 Å². The van der Waals surface area contributed by atoms with Gasteiger partial charge in [-0.05, 0) is 66.9 Å². The maximum absolute atomic E-state index is 13.9. The average molecular weight is 531 g/mol. The number of hydrogen-bond acceptors (Lipinski definition) is 7. The third-order valence-electron chi connectivity index (χ3n) is 6.98. The minimum atomic E-state index is -0.954. The quantitative estimate of drug-likeness (QED) is 0.232. The van der Waals surface area contributed by atoms with E-state index < -0.39 is 18.1 Å². The molecule has 2 heterocycles. The average Bonchev–Trinajstić information content (AvgIpc) is 3.48. The van der Waals surface area contributed by atoms with Crippen molar-refractivity contribution in [1.29, 1.82) is 0 Å². The van der Waals surface area contributed by atoms with Gasteiger partial charge >= 0.3 is 0 Å². The van der Waals surface area contributed by atoms with Crippen LogP contribution < -0.4 is 24.2 Å². The van der Waals surface area contributed by atoms with Crippen LogP contribution >= 0.6 is 0 Å². The van der Waals surface area contributed by atoms with Crippen molar-refractivity contribution in [2.45, 2.75) is 45.3 Å². The first-order valence-electron chi connectivity index (χ1n) is 13.5. The molecule has 0 saturated carbocycles. The minimum Gasteiger partial charge on any atom is -0.494 e. The predicted molar refractivity (Wildman–Crippen MR) is 148 cm³/mol. The van der Waals surface area contributed by atoms with Gasteiger partial charge in [-0.3, -0.25) is 14.4 Å². The molecular weight excluding hydrogens is 496 g/mol. The van der Waals surface area contributed by atoms with E-state index in [0.717, 1.165) is 30.5 Å². The number of hydrogen-bond donors (Lipinski definition) is 0. The van der Waals surface area contributed by atoms with Crippen molar-refractivity contribution < 1.29 is 28.6 Å². The molecule has 2 saturated heterocycles. The van der Waals surface area contributed by atoms with Crippen LogP contribution in [0.5, 0.6) is 17.2 Å². The maximum atomic E-state index is 13.9. The van der Waals surface area contributed by atoms with Gasteiger partial charge in [0.1, 0.15) is 11.7 Å². The molecule has 39 heavy (non-hydrogen) atoms. The number of anilines is 2. The van der Waals surface area contributed by atoms with Crippen molar-refractivity contribution in [2.75, 3.05) is 30.3 Å². The maximum Gasteiger partial charge on any atom is 0.266 e. The topological polar surface area (TPSA) is 77.5 Å². The number of fused-ring (bicyclic) bond motifs is 1. The molecule has 0 aromatic heterocycles. The molecule has 2 amide bonds. The highest BCUT2D eigenvalue weighted by atomic mass is 16.7. The highest BCUT2D eigenvalue weighted by Crippen LogP contribution is 2.48. The number of unbranched alkanes of at least 4 members (excludes halogenated alkanes) is 1. The van der Waals surface area contributed by atoms with Crippen molar-refractivity contribution in [3.05, 3.63) is 78.4 Å². The highest BCUT2D eigenvalue weighted by Gasteiger charge is 2.60. The van der Waals surface area contributed by atoms with Gasteiger partial charge in [0.15, 0.2) is 17.6 Å². The molecule has 8 nitrogen and oxygen atoms in total. The number of methoxy groups -OCH3 is 1. The summed E-state index contributed by atoms with van der Waals surface area (Å²) < 4.78 is 17.2. The largest absolute Gasteiger partial charge is 0.494 e. The van der Waals surface area contributed by atoms with E-state index in [2.05, 4.69) is 6.92 Å². The third kappa shape index (κ3) is 5.16. The molecule has 0 bridgehead atoms. The molecule has 204 valence electrons. The van der Waals surface area contributed by atoms with Gasteiger partial charge < -0.3 is 14.2 Å². The Balaban J connectivity index is 1.48. The zero-order valence-electron chi connectivity index (χ0n) is 22.5. The van der Waals surface area contributed by atoms with E-state index in [-0.39, 0.29) is 11.8 Å². The Morgan fingerprint density at radius 2 is 1.56 bits per heavy atom. The zero-order chi connectivity index (χ0) is 27.4. The number of nitrogens with zero attached hydrogens (tertiary/aromatic N) is 2. The summed E-state index contributed by atoms with van der Waals surface area (Å²) in [6.07, 6.45) is 1.91. The van der Waals surface area contributed by atoms with E-state index in [0.29, 0.717) is 36.1 Å². The van der Waals surface area contributed by atoms with E-state index in [1.165, 1.54) is 4.90 Å². The highest BCUT2D eigenvalue weighted by molar-refractivity contribution is 6.23. The summed E-state index contributed by atoms with van der Waals surface area (Å²) in [6.45, 7) is 5.33. The monoisotopic (exact) mass is 530 g/mol. The smallest absolute Gasteiger partial charge is 0.266 e. The first-order chi connectivity index (χ1) is 19.1. The van der Waals surface area contributed by atoms with Crippen LogP contribution in [0.25, 0.3) is 0 Å². The number of benzene rings is 3. The number of hydroxylamine groups is 1. The number of amides is 2. The molecule has 0 N–H and O–H groups in total. The van der Waals surface area contributed by atoms with Crippen molar-refractivity contribution in [2.24, 2.45) is 5.92 Å². The Kier molecular flexibility index (Phi) is 8.02. The lowest BCUT2D eigenvalue weighted by Crippen LogP contribution is -2.37. The number of imide groups is 1. The summed E-state index contributed by atoms with van der Waals surface area (Å²) in [5, 5.41) is 1.68. The van der Waals surface area contributed by atoms with E-state index in [9.17, 15) is 9.59 Å². The molecule has 5 rings (SSSR count). The lowest BCUT2D eigenvalue weighted by molar-refractivity contribution is -0.126. The van der Waals surface area contributed by atoms with Crippen LogP contribution in [0.3, 0.4) is 0 Å². The molecule has 0 unspecified atom stereocenters. The van der Waals surface area contributed by atoms with Crippen LogP contribution in [-0.4, -0.2) is 38.2 Å². The summed E-state index contributed by atoms with van der Waals surface area (Å²) in [7, 11) is 1.59. The second-order valence-corrected chi connectivity index (χ2v) is 9.62. The SMILES string of the molecule is CCCCOc1ccc(N2C(=O)[C@H]3[C@@H](c4ccc(OCCC)c(OC)c4)N(c4ccccc4)O[C@H]3C2=O)cc1. The second kappa shape index (κ2) is 11.8. The minimum absolute atomic E-state index is 0.307. The summed E-state index contributed by atoms with van der Waals surface area (Å²) in [5.41, 5.74) is 2.04. The van der Waals surface area contributed by atoms with Crippen molar-refractivity contribution >= 4 is 23.2 Å². The number of rotatable bonds is 11. The number of para-hydroxylation sites is 1. The van der Waals surface area contributed by atoms with Gasteiger partial charge in [0.2, 0.25) is 5.91 Å². The lowest BCUT2D eigenvalue weighted by atomic mass is 9.90. The van der Waals surface area contributed by atoms with Gasteiger partial charge in [-0.15, -0.1) is 0 Å². The van der Waals surface area contributed by atoms with E-state index in [1.807, 2.05) is 55.5 Å². The molecule has 0 radical (unpaired) electrons. The number of ether oxygens (including phenoxy) is 3. The molecular formula is C31H34N2O6. The molecule has 2 aliphatic rings. The standard InChI is InChI=1S/C31H34N2O6/c1-4-6-19-37-24-15-13-22(14-16-24)32-30(34)27-28(21-12-17-25(38-18-5-2)26(20-21)36-3)33(39-29(27)31(32)35)23-10-8-7-9-11-23/h7-17,20,27-29H,4-6,18-19H2,1-3H3/t27-,28+,29+/m0/s1. The van der Waals surface area contributed by atoms with Crippen molar-refractivity contribution in [1.82, 2.24) is 0 Å². The fourth-order valence-corrected chi connectivity index (χ4v) is 5.03. The van der Waals surface area contributed by atoms with Crippen LogP contribution in [0.15, 0.2) is 72.8 Å². The third-order valence-corrected chi connectivity index (χ3v) is 6.98. The summed E-state index contributed by atoms with van der Waals surface area (Å²) >= 11 is 0. The Bertz CT molecular complexity index is 1300. The van der Waals surface area contributed by atoms with Gasteiger partial charge in [-0.25, -0.2) is 9.96 Å². The molecule has 8 heteroatoms. The van der Waals surface area contributed by atoms with E-state index in [4.69, 9.17) is 19.0 Å². The molecule has 0 aliphatic carbocycles. The second-order valence-electron chi connectivity index (χ2n) is 9.62. The molecule has 2 aliphatic heterocycles. The summed E-state index contributed by atoms with van der Waals surface area (Å²) in [5.74, 6) is 0.450. The molecule has 3 aromatic carbocycles. The fraction of sp³-hybridized carbons (Fsp3) is 0.355. The first-order valence-corrected chi connectivity index (χ1v) is 13.5. The number of carbonyl (C=O) groups excluding carboxylic acids is 2. The normalized spacial score (nSPS) is 20.3. The van der Waals surface area contributed by atoms with Crippen LogP contribution in [0.4, 0.5) is 11.4 Å². The molecule has 2 fully saturated rings. The predicted octanol–water partition coefficient (Wildman–Crippen LogP) is 5.71. The fourth-order valence-electron chi connectivity index (χ4n) is 5.03.